The van der Waals surface area contributed by atoms with E-state index in [2.05, 4.69) is 0 Å². The molecule has 0 aliphatic heterocycles. The number of carbonyl (C=O) groups is 1. The first kappa shape index (κ1) is 17.5. The van der Waals surface area contributed by atoms with Gasteiger partial charge in [0, 0.05) is 26.6 Å². The van der Waals surface area contributed by atoms with Crippen LogP contribution in [0.1, 0.15) is 12.0 Å². The van der Waals surface area contributed by atoms with Crippen LogP contribution in [0, 0.1) is 11.6 Å². The third-order valence-corrected chi connectivity index (χ3v) is 3.09. The molecule has 116 valence electrons. The molecule has 0 radical (unpaired) electrons. The first-order chi connectivity index (χ1) is 9.93. The van der Waals surface area contributed by atoms with E-state index in [1.807, 2.05) is 0 Å². The Labute approximate surface area is 127 Å². The molecule has 2 N–H and O–H groups in total. The number of carbonyl (C=O) groups excluding carboxylic acids is 1. The van der Waals surface area contributed by atoms with Gasteiger partial charge in [-0.25, -0.2) is 8.78 Å². The van der Waals surface area contributed by atoms with Gasteiger partial charge in [-0.2, -0.15) is 0 Å². The smallest absolute Gasteiger partial charge is 0.227 e. The topological polar surface area (TPSA) is 55.6 Å². The van der Waals surface area contributed by atoms with E-state index >= 15 is 0 Å². The zero-order valence-electron chi connectivity index (χ0n) is 11.8. The summed E-state index contributed by atoms with van der Waals surface area (Å²) in [5.41, 5.74) is 5.84. The molecule has 0 bridgehead atoms. The molecule has 0 fully saturated rings. The van der Waals surface area contributed by atoms with Crippen molar-refractivity contribution in [2.24, 2.45) is 5.73 Å². The average Bonchev–Trinajstić information content (AvgIpc) is 2.42. The molecule has 1 rings (SSSR count). The van der Waals surface area contributed by atoms with Crippen LogP contribution in [0.4, 0.5) is 8.78 Å². The number of nitrogens with zero attached hydrogens (tertiary/aromatic N) is 1. The molecule has 1 aromatic rings. The molecule has 0 aliphatic rings. The Bertz CT molecular complexity index is 512. The molecule has 4 nitrogen and oxygen atoms in total. The lowest BCUT2D eigenvalue weighted by Gasteiger charge is -2.22. The van der Waals surface area contributed by atoms with Crippen molar-refractivity contribution < 1.29 is 18.3 Å². The minimum absolute atomic E-state index is 0.0156. The highest BCUT2D eigenvalue weighted by atomic mass is 32.1. The van der Waals surface area contributed by atoms with Crippen LogP contribution in [0.5, 0.6) is 0 Å². The highest BCUT2D eigenvalue weighted by Gasteiger charge is 2.15. The fourth-order valence-corrected chi connectivity index (χ4v) is 1.84. The van der Waals surface area contributed by atoms with E-state index in [4.69, 9.17) is 22.7 Å². The molecule has 0 spiro atoms. The Hall–Kier alpha value is -1.60. The van der Waals surface area contributed by atoms with E-state index in [-0.39, 0.29) is 12.3 Å². The summed E-state index contributed by atoms with van der Waals surface area (Å²) in [6, 6.07) is 3.42. The molecule has 0 atom stereocenters. The Morgan fingerprint density at radius 1 is 1.33 bits per heavy atom. The zero-order valence-corrected chi connectivity index (χ0v) is 12.6. The summed E-state index contributed by atoms with van der Waals surface area (Å²) in [5.74, 6) is -2.11. The van der Waals surface area contributed by atoms with Gasteiger partial charge in [0.1, 0.15) is 0 Å². The molecular formula is C14H18F2N2O2S. The first-order valence-electron chi connectivity index (χ1n) is 6.43. The summed E-state index contributed by atoms with van der Waals surface area (Å²) in [6.07, 6.45) is 0.390. The van der Waals surface area contributed by atoms with Crippen molar-refractivity contribution in [3.05, 3.63) is 35.4 Å². The molecule has 0 saturated heterocycles. The van der Waals surface area contributed by atoms with Crippen molar-refractivity contribution in [2.75, 3.05) is 26.8 Å². The molecule has 0 aliphatic carbocycles. The Morgan fingerprint density at radius 3 is 2.62 bits per heavy atom. The quantitative estimate of drug-likeness (QED) is 0.741. The van der Waals surface area contributed by atoms with E-state index < -0.39 is 11.6 Å². The van der Waals surface area contributed by atoms with Crippen molar-refractivity contribution >= 4 is 23.1 Å². The van der Waals surface area contributed by atoms with Crippen molar-refractivity contribution in [1.82, 2.24) is 4.90 Å². The van der Waals surface area contributed by atoms with Crippen molar-refractivity contribution in [1.29, 1.82) is 0 Å². The van der Waals surface area contributed by atoms with Gasteiger partial charge in [0.15, 0.2) is 11.6 Å². The summed E-state index contributed by atoms with van der Waals surface area (Å²) in [6.45, 7) is 1.14. The zero-order chi connectivity index (χ0) is 15.8. The third-order valence-electron chi connectivity index (χ3n) is 2.89. The monoisotopic (exact) mass is 316 g/mol. The predicted molar refractivity (Wildman–Crippen MR) is 79.9 cm³/mol. The Morgan fingerprint density at radius 2 is 2.05 bits per heavy atom. The molecule has 0 unspecified atom stereocenters. The second-order valence-corrected chi connectivity index (χ2v) is 5.04. The minimum atomic E-state index is -0.966. The number of benzene rings is 1. The number of rotatable bonds is 8. The Kier molecular flexibility index (Phi) is 7.18. The summed E-state index contributed by atoms with van der Waals surface area (Å²) in [7, 11) is 1.53. The van der Waals surface area contributed by atoms with Crippen LogP contribution in [0.25, 0.3) is 0 Å². The second kappa shape index (κ2) is 8.63. The number of nitrogens with two attached hydrogens (primary N) is 1. The maximum atomic E-state index is 13.1. The van der Waals surface area contributed by atoms with Crippen LogP contribution in [0.2, 0.25) is 0 Å². The van der Waals surface area contributed by atoms with Gasteiger partial charge < -0.3 is 15.4 Å². The number of methoxy groups -OCH3 is 1. The molecule has 1 aromatic carbocycles. The average molecular weight is 316 g/mol. The maximum Gasteiger partial charge on any atom is 0.227 e. The molecule has 0 heterocycles. The van der Waals surface area contributed by atoms with Gasteiger partial charge in [-0.3, -0.25) is 4.79 Å². The molecule has 1 amide bonds. The van der Waals surface area contributed by atoms with Gasteiger partial charge in [0.05, 0.1) is 18.0 Å². The normalized spacial score (nSPS) is 10.4. The van der Waals surface area contributed by atoms with Gasteiger partial charge in [-0.15, -0.1) is 0 Å². The van der Waals surface area contributed by atoms with Crippen LogP contribution in [-0.2, 0) is 16.0 Å². The van der Waals surface area contributed by atoms with E-state index in [1.165, 1.54) is 13.2 Å². The maximum absolute atomic E-state index is 13.1. The first-order valence-corrected chi connectivity index (χ1v) is 6.83. The number of amides is 1. The summed E-state index contributed by atoms with van der Waals surface area (Å²) in [5, 5.41) is 0. The van der Waals surface area contributed by atoms with Crippen LogP contribution >= 0.6 is 12.2 Å². The minimum Gasteiger partial charge on any atom is -0.393 e. The van der Waals surface area contributed by atoms with Crippen molar-refractivity contribution in [2.45, 2.75) is 12.8 Å². The molecule has 7 heteroatoms. The van der Waals surface area contributed by atoms with Crippen molar-refractivity contribution in [3.63, 3.8) is 0 Å². The Balaban J connectivity index is 2.69. The van der Waals surface area contributed by atoms with E-state index in [9.17, 15) is 13.6 Å². The number of halogens is 2. The summed E-state index contributed by atoms with van der Waals surface area (Å²) < 4.78 is 30.9. The molecular weight excluding hydrogens is 298 g/mol. The van der Waals surface area contributed by atoms with E-state index in [1.54, 1.807) is 4.90 Å². The SMILES string of the molecule is COCCN(CCC(N)=S)C(=O)Cc1ccc(F)c(F)c1. The fraction of sp³-hybridized carbons (Fsp3) is 0.429. The van der Waals surface area contributed by atoms with Crippen LogP contribution < -0.4 is 5.73 Å². The second-order valence-electron chi connectivity index (χ2n) is 4.52. The molecule has 0 aromatic heterocycles. The summed E-state index contributed by atoms with van der Waals surface area (Å²) in [4.78, 5) is 14.1. The highest BCUT2D eigenvalue weighted by Crippen LogP contribution is 2.10. The van der Waals surface area contributed by atoms with Crippen LogP contribution in [0.3, 0.4) is 0 Å². The lowest BCUT2D eigenvalue weighted by molar-refractivity contribution is -0.131. The van der Waals surface area contributed by atoms with Gasteiger partial charge >= 0.3 is 0 Å². The number of thiocarbonyl (C=S) groups is 1. The van der Waals surface area contributed by atoms with E-state index in [0.717, 1.165) is 12.1 Å². The predicted octanol–water partition coefficient (Wildman–Crippen LogP) is 1.66. The van der Waals surface area contributed by atoms with Crippen molar-refractivity contribution in [3.8, 4) is 0 Å². The van der Waals surface area contributed by atoms with Crippen LogP contribution in [-0.4, -0.2) is 42.6 Å². The fourth-order valence-electron chi connectivity index (χ4n) is 1.74. The largest absolute Gasteiger partial charge is 0.393 e. The van der Waals surface area contributed by atoms with Crippen LogP contribution in [0.15, 0.2) is 18.2 Å². The lowest BCUT2D eigenvalue weighted by Crippen LogP contribution is -2.37. The molecule has 21 heavy (non-hydrogen) atoms. The van der Waals surface area contributed by atoms with Gasteiger partial charge in [-0.1, -0.05) is 18.3 Å². The van der Waals surface area contributed by atoms with E-state index in [0.29, 0.717) is 36.7 Å². The molecule has 0 saturated carbocycles. The van der Waals surface area contributed by atoms with Gasteiger partial charge in [-0.05, 0) is 17.7 Å². The lowest BCUT2D eigenvalue weighted by atomic mass is 10.1. The third kappa shape index (κ3) is 6.14. The summed E-state index contributed by atoms with van der Waals surface area (Å²) >= 11 is 4.79. The standard InChI is InChI=1S/C14H18F2N2O2S/c1-20-7-6-18(5-4-13(17)21)14(19)9-10-2-3-11(15)12(16)8-10/h2-3,8H,4-7,9H2,1H3,(H2,17,21). The number of ether oxygens (including phenoxy) is 1. The van der Waals surface area contributed by atoms with Gasteiger partial charge in [0.25, 0.3) is 0 Å². The van der Waals surface area contributed by atoms with Gasteiger partial charge in [0.2, 0.25) is 5.91 Å². The highest BCUT2D eigenvalue weighted by molar-refractivity contribution is 7.80. The number of hydrogen-bond acceptors (Lipinski definition) is 3. The number of hydrogen-bond donors (Lipinski definition) is 1.